The van der Waals surface area contributed by atoms with Crippen LogP contribution in [0, 0.1) is 13.8 Å². The van der Waals surface area contributed by atoms with Gasteiger partial charge in [-0.3, -0.25) is 4.79 Å². The molecule has 0 saturated carbocycles. The number of para-hydroxylation sites is 1. The number of aromatic nitrogens is 4. The molecule has 3 heterocycles. The maximum absolute atomic E-state index is 13.2. The van der Waals surface area contributed by atoms with E-state index in [-0.39, 0.29) is 11.9 Å². The number of hydrogen-bond donors (Lipinski definition) is 0. The number of benzene rings is 1. The third-order valence-corrected chi connectivity index (χ3v) is 5.06. The highest BCUT2D eigenvalue weighted by molar-refractivity contribution is 6.07. The van der Waals surface area contributed by atoms with Crippen LogP contribution in [0.2, 0.25) is 0 Å². The molecule has 130 valence electrons. The van der Waals surface area contributed by atoms with Gasteiger partial charge in [0.1, 0.15) is 11.6 Å². The van der Waals surface area contributed by atoms with Crippen LogP contribution in [0.1, 0.15) is 40.9 Å². The number of carbonyl (C=O) groups excluding carboxylic acids is 1. The first-order valence-electron chi connectivity index (χ1n) is 8.77. The summed E-state index contributed by atoms with van der Waals surface area (Å²) in [6.07, 6.45) is 3.96. The first-order chi connectivity index (χ1) is 12.0. The summed E-state index contributed by atoms with van der Waals surface area (Å²) in [5, 5.41) is 5.54. The summed E-state index contributed by atoms with van der Waals surface area (Å²) in [7, 11) is 1.99. The SMILES string of the molecule is Cc1nc(C)n([C@@H]2CCCN(C(=O)c3cn(C)c4ccccc34)C2)n1. The van der Waals surface area contributed by atoms with Gasteiger partial charge in [0.25, 0.3) is 5.91 Å². The number of likely N-dealkylation sites (tertiary alicyclic amines) is 1. The molecule has 0 aliphatic carbocycles. The van der Waals surface area contributed by atoms with Crippen LogP contribution in [0.3, 0.4) is 0 Å². The molecular formula is C19H23N5O. The number of aryl methyl sites for hydroxylation is 3. The summed E-state index contributed by atoms with van der Waals surface area (Å²) in [4.78, 5) is 19.5. The van der Waals surface area contributed by atoms with Crippen LogP contribution < -0.4 is 0 Å². The van der Waals surface area contributed by atoms with E-state index in [2.05, 4.69) is 10.1 Å². The van der Waals surface area contributed by atoms with Gasteiger partial charge < -0.3 is 9.47 Å². The lowest BCUT2D eigenvalue weighted by atomic mass is 10.0. The van der Waals surface area contributed by atoms with Gasteiger partial charge in [-0.2, -0.15) is 5.10 Å². The minimum atomic E-state index is 0.107. The number of rotatable bonds is 2. The van der Waals surface area contributed by atoms with Crippen molar-refractivity contribution in [3.8, 4) is 0 Å². The molecule has 0 unspecified atom stereocenters. The van der Waals surface area contributed by atoms with Crippen molar-refractivity contribution in [1.82, 2.24) is 24.2 Å². The summed E-state index contributed by atoms with van der Waals surface area (Å²) >= 11 is 0. The van der Waals surface area contributed by atoms with Crippen molar-refractivity contribution in [2.24, 2.45) is 7.05 Å². The van der Waals surface area contributed by atoms with E-state index < -0.39 is 0 Å². The standard InChI is InChI=1S/C19H23N5O/c1-13-20-14(2)24(21-13)15-7-6-10-23(11-15)19(25)17-12-22(3)18-9-5-4-8-16(17)18/h4-5,8-9,12,15H,6-7,10-11H2,1-3H3/t15-/m1/s1. The highest BCUT2D eigenvalue weighted by atomic mass is 16.2. The lowest BCUT2D eigenvalue weighted by Gasteiger charge is -2.33. The molecule has 0 spiro atoms. The summed E-state index contributed by atoms with van der Waals surface area (Å²) < 4.78 is 4.01. The van der Waals surface area contributed by atoms with Gasteiger partial charge >= 0.3 is 0 Å². The molecular weight excluding hydrogens is 314 g/mol. The van der Waals surface area contributed by atoms with Crippen LogP contribution in [0.25, 0.3) is 10.9 Å². The first kappa shape index (κ1) is 15.9. The Morgan fingerprint density at radius 1 is 1.24 bits per heavy atom. The van der Waals surface area contributed by atoms with Crippen LogP contribution in [0.5, 0.6) is 0 Å². The number of amides is 1. The van der Waals surface area contributed by atoms with Crippen LogP contribution >= 0.6 is 0 Å². The van der Waals surface area contributed by atoms with Crippen LogP contribution in [0.4, 0.5) is 0 Å². The lowest BCUT2D eigenvalue weighted by Crippen LogP contribution is -2.41. The number of hydrogen-bond acceptors (Lipinski definition) is 3. The quantitative estimate of drug-likeness (QED) is 0.722. The molecule has 0 radical (unpaired) electrons. The van der Waals surface area contributed by atoms with Crippen molar-refractivity contribution in [2.75, 3.05) is 13.1 Å². The summed E-state index contributed by atoms with van der Waals surface area (Å²) in [5.74, 6) is 1.81. The Bertz CT molecular complexity index is 939. The monoisotopic (exact) mass is 337 g/mol. The van der Waals surface area contributed by atoms with Gasteiger partial charge in [-0.1, -0.05) is 18.2 Å². The largest absolute Gasteiger partial charge is 0.350 e. The molecule has 25 heavy (non-hydrogen) atoms. The van der Waals surface area contributed by atoms with E-state index in [1.165, 1.54) is 0 Å². The smallest absolute Gasteiger partial charge is 0.256 e. The van der Waals surface area contributed by atoms with Crippen molar-refractivity contribution in [2.45, 2.75) is 32.7 Å². The second-order valence-corrected chi connectivity index (χ2v) is 6.87. The maximum atomic E-state index is 13.2. The number of nitrogens with zero attached hydrogens (tertiary/aromatic N) is 5. The Kier molecular flexibility index (Phi) is 3.82. The normalized spacial score (nSPS) is 18.0. The third-order valence-electron chi connectivity index (χ3n) is 5.06. The third kappa shape index (κ3) is 2.71. The van der Waals surface area contributed by atoms with Gasteiger partial charge in [0, 0.05) is 37.2 Å². The van der Waals surface area contributed by atoms with Gasteiger partial charge in [0.05, 0.1) is 11.6 Å². The zero-order valence-corrected chi connectivity index (χ0v) is 14.9. The van der Waals surface area contributed by atoms with E-state index in [0.29, 0.717) is 6.54 Å². The number of carbonyl (C=O) groups is 1. The van der Waals surface area contributed by atoms with E-state index in [9.17, 15) is 4.79 Å². The van der Waals surface area contributed by atoms with Crippen LogP contribution in [-0.4, -0.2) is 43.2 Å². The predicted molar refractivity (Wildman–Crippen MR) is 96.6 cm³/mol. The van der Waals surface area contributed by atoms with Gasteiger partial charge in [-0.25, -0.2) is 9.67 Å². The zero-order valence-electron chi connectivity index (χ0n) is 14.9. The van der Waals surface area contributed by atoms with E-state index >= 15 is 0 Å². The predicted octanol–water partition coefficient (Wildman–Crippen LogP) is 2.86. The molecule has 6 nitrogen and oxygen atoms in total. The second-order valence-electron chi connectivity index (χ2n) is 6.87. The minimum absolute atomic E-state index is 0.107. The van der Waals surface area contributed by atoms with Gasteiger partial charge in [-0.15, -0.1) is 0 Å². The first-order valence-corrected chi connectivity index (χ1v) is 8.77. The molecule has 0 bridgehead atoms. The van der Waals surface area contributed by atoms with E-state index in [4.69, 9.17) is 0 Å². The molecule has 1 aliphatic rings. The topological polar surface area (TPSA) is 56.0 Å². The molecule has 1 amide bonds. The summed E-state index contributed by atoms with van der Waals surface area (Å²) in [5.41, 5.74) is 1.87. The van der Waals surface area contributed by atoms with Crippen molar-refractivity contribution < 1.29 is 4.79 Å². The highest BCUT2D eigenvalue weighted by Gasteiger charge is 2.28. The van der Waals surface area contributed by atoms with E-state index in [1.807, 2.05) is 65.5 Å². The van der Waals surface area contributed by atoms with E-state index in [1.54, 1.807) is 0 Å². The van der Waals surface area contributed by atoms with Crippen molar-refractivity contribution in [1.29, 1.82) is 0 Å². The summed E-state index contributed by atoms with van der Waals surface area (Å²) in [6.45, 7) is 5.37. The Hall–Kier alpha value is -2.63. The maximum Gasteiger partial charge on any atom is 0.256 e. The Morgan fingerprint density at radius 2 is 2.04 bits per heavy atom. The number of piperidine rings is 1. The molecule has 2 aromatic heterocycles. The number of fused-ring (bicyclic) bond motifs is 1. The Balaban J connectivity index is 1.62. The fraction of sp³-hybridized carbons (Fsp3) is 0.421. The zero-order chi connectivity index (χ0) is 17.6. The molecule has 1 saturated heterocycles. The molecule has 3 aromatic rings. The average Bonchev–Trinajstić information content (AvgIpc) is 3.14. The van der Waals surface area contributed by atoms with Gasteiger partial charge in [0.15, 0.2) is 0 Å². The van der Waals surface area contributed by atoms with Crippen molar-refractivity contribution in [3.63, 3.8) is 0 Å². The fourth-order valence-corrected chi connectivity index (χ4v) is 3.90. The van der Waals surface area contributed by atoms with E-state index in [0.717, 1.165) is 47.5 Å². The van der Waals surface area contributed by atoms with Gasteiger partial charge in [0.2, 0.25) is 0 Å². The molecule has 1 aliphatic heterocycles. The molecule has 1 aromatic carbocycles. The Labute approximate surface area is 147 Å². The highest BCUT2D eigenvalue weighted by Crippen LogP contribution is 2.26. The molecule has 0 N–H and O–H groups in total. The molecule has 4 rings (SSSR count). The second kappa shape index (κ2) is 6.02. The van der Waals surface area contributed by atoms with Crippen molar-refractivity contribution >= 4 is 16.8 Å². The molecule has 1 fully saturated rings. The van der Waals surface area contributed by atoms with Crippen LogP contribution in [-0.2, 0) is 7.05 Å². The van der Waals surface area contributed by atoms with Crippen LogP contribution in [0.15, 0.2) is 30.5 Å². The van der Waals surface area contributed by atoms with Crippen molar-refractivity contribution in [3.05, 3.63) is 47.7 Å². The Morgan fingerprint density at radius 3 is 2.80 bits per heavy atom. The minimum Gasteiger partial charge on any atom is -0.350 e. The lowest BCUT2D eigenvalue weighted by molar-refractivity contribution is 0.0673. The average molecular weight is 337 g/mol. The molecule has 6 heteroatoms. The molecule has 1 atom stereocenters. The van der Waals surface area contributed by atoms with Gasteiger partial charge in [-0.05, 0) is 32.8 Å². The summed E-state index contributed by atoms with van der Waals surface area (Å²) in [6, 6.07) is 8.26. The fourth-order valence-electron chi connectivity index (χ4n) is 3.90.